The fraction of sp³-hybridized carbons (Fsp3) is 0.562. The van der Waals surface area contributed by atoms with Crippen molar-refractivity contribution in [1.82, 2.24) is 9.21 Å². The SMILES string of the molecule is Cc1ccc(S(=O)(=O)N2CCN(C(=O)C3CC3(Cl)Cl)CC2)cc1C. The van der Waals surface area contributed by atoms with Gasteiger partial charge < -0.3 is 4.90 Å². The number of amides is 1. The maximum absolute atomic E-state index is 12.8. The number of halogens is 2. The highest BCUT2D eigenvalue weighted by atomic mass is 35.5. The Morgan fingerprint density at radius 3 is 2.21 bits per heavy atom. The molecule has 1 saturated carbocycles. The van der Waals surface area contributed by atoms with Gasteiger partial charge in [0.1, 0.15) is 4.33 Å². The van der Waals surface area contributed by atoms with Crippen LogP contribution in [0.1, 0.15) is 17.5 Å². The smallest absolute Gasteiger partial charge is 0.243 e. The maximum atomic E-state index is 12.8. The minimum atomic E-state index is -3.53. The molecule has 1 aromatic carbocycles. The number of benzene rings is 1. The molecule has 5 nitrogen and oxygen atoms in total. The predicted octanol–water partition coefficient (Wildman–Crippen LogP) is 2.33. The van der Waals surface area contributed by atoms with Crippen LogP contribution >= 0.6 is 23.2 Å². The summed E-state index contributed by atoms with van der Waals surface area (Å²) in [5.41, 5.74) is 2.00. The van der Waals surface area contributed by atoms with Crippen molar-refractivity contribution in [3.05, 3.63) is 29.3 Å². The van der Waals surface area contributed by atoms with E-state index < -0.39 is 14.4 Å². The summed E-state index contributed by atoms with van der Waals surface area (Å²) in [6, 6.07) is 5.14. The number of aryl methyl sites for hydroxylation is 2. The number of carbonyl (C=O) groups excluding carboxylic acids is 1. The molecule has 1 amide bonds. The number of hydrogen-bond acceptors (Lipinski definition) is 3. The molecule has 0 radical (unpaired) electrons. The van der Waals surface area contributed by atoms with E-state index in [4.69, 9.17) is 23.2 Å². The van der Waals surface area contributed by atoms with Gasteiger partial charge in [0.2, 0.25) is 15.9 Å². The van der Waals surface area contributed by atoms with Gasteiger partial charge in [-0.15, -0.1) is 23.2 Å². The fourth-order valence-electron chi connectivity index (χ4n) is 2.87. The second kappa shape index (κ2) is 6.16. The van der Waals surface area contributed by atoms with Crippen LogP contribution in [0.2, 0.25) is 0 Å². The van der Waals surface area contributed by atoms with Gasteiger partial charge >= 0.3 is 0 Å². The van der Waals surface area contributed by atoms with Crippen LogP contribution in [0.3, 0.4) is 0 Å². The van der Waals surface area contributed by atoms with Gasteiger partial charge in [-0.2, -0.15) is 4.31 Å². The van der Waals surface area contributed by atoms with Crippen molar-refractivity contribution in [2.45, 2.75) is 29.5 Å². The standard InChI is InChI=1S/C16H20Cl2N2O3S/c1-11-3-4-13(9-12(11)2)24(22,23)20-7-5-19(6-8-20)15(21)14-10-16(14,17)18/h3-4,9,14H,5-8,10H2,1-2H3. The Morgan fingerprint density at radius 2 is 1.71 bits per heavy atom. The molecule has 0 N–H and O–H groups in total. The van der Waals surface area contributed by atoms with Crippen molar-refractivity contribution in [2.24, 2.45) is 5.92 Å². The first-order chi connectivity index (χ1) is 11.1. The average Bonchev–Trinajstić information content (AvgIpc) is 3.18. The Balaban J connectivity index is 1.67. The highest BCUT2D eigenvalue weighted by Crippen LogP contribution is 2.53. The molecular weight excluding hydrogens is 371 g/mol. The summed E-state index contributed by atoms with van der Waals surface area (Å²) < 4.78 is 26.0. The second-order valence-electron chi connectivity index (χ2n) is 6.49. The number of rotatable bonds is 3. The molecule has 0 aromatic heterocycles. The van der Waals surface area contributed by atoms with E-state index in [1.165, 1.54) is 4.31 Å². The summed E-state index contributed by atoms with van der Waals surface area (Å²) in [7, 11) is -3.53. The minimum absolute atomic E-state index is 0.0803. The number of carbonyl (C=O) groups is 1. The molecule has 2 aliphatic rings. The van der Waals surface area contributed by atoms with Gasteiger partial charge in [-0.3, -0.25) is 4.79 Å². The first-order valence-corrected chi connectivity index (χ1v) is 10.1. The molecule has 24 heavy (non-hydrogen) atoms. The van der Waals surface area contributed by atoms with Gasteiger partial charge in [-0.1, -0.05) is 6.07 Å². The molecule has 1 heterocycles. The average molecular weight is 391 g/mol. The molecule has 1 aromatic rings. The molecular formula is C16H20Cl2N2O3S. The molecule has 0 spiro atoms. The molecule has 0 bridgehead atoms. The predicted molar refractivity (Wildman–Crippen MR) is 93.8 cm³/mol. The Morgan fingerprint density at radius 1 is 1.12 bits per heavy atom. The first kappa shape index (κ1) is 18.0. The molecule has 1 unspecified atom stereocenters. The van der Waals surface area contributed by atoms with Crippen molar-refractivity contribution in [3.8, 4) is 0 Å². The number of sulfonamides is 1. The fourth-order valence-corrected chi connectivity index (χ4v) is 4.88. The normalized spacial score (nSPS) is 24.0. The second-order valence-corrected chi connectivity index (χ2v) is 9.97. The van der Waals surface area contributed by atoms with E-state index in [9.17, 15) is 13.2 Å². The topological polar surface area (TPSA) is 57.7 Å². The Hall–Kier alpha value is -0.820. The van der Waals surface area contributed by atoms with E-state index in [1.54, 1.807) is 17.0 Å². The van der Waals surface area contributed by atoms with Crippen LogP contribution in [0.15, 0.2) is 23.1 Å². The van der Waals surface area contributed by atoms with Crippen LogP contribution in [0, 0.1) is 19.8 Å². The van der Waals surface area contributed by atoms with Crippen molar-refractivity contribution in [2.75, 3.05) is 26.2 Å². The largest absolute Gasteiger partial charge is 0.340 e. The van der Waals surface area contributed by atoms with Crippen LogP contribution in [-0.4, -0.2) is 54.0 Å². The molecule has 132 valence electrons. The summed E-state index contributed by atoms with van der Waals surface area (Å²) in [6.07, 6.45) is 0.468. The number of hydrogen-bond donors (Lipinski definition) is 0. The lowest BCUT2D eigenvalue weighted by Crippen LogP contribution is -2.51. The lowest BCUT2D eigenvalue weighted by Gasteiger charge is -2.34. The van der Waals surface area contributed by atoms with Gasteiger partial charge in [0, 0.05) is 26.2 Å². The van der Waals surface area contributed by atoms with Gasteiger partial charge in [-0.05, 0) is 43.5 Å². The summed E-state index contributed by atoms with van der Waals surface area (Å²) in [6.45, 7) is 5.13. The number of alkyl halides is 2. The van der Waals surface area contributed by atoms with E-state index in [-0.39, 0.29) is 24.9 Å². The Bertz CT molecular complexity index is 772. The molecule has 1 saturated heterocycles. The van der Waals surface area contributed by atoms with Crippen molar-refractivity contribution in [3.63, 3.8) is 0 Å². The summed E-state index contributed by atoms with van der Waals surface area (Å²) in [4.78, 5) is 14.2. The number of nitrogens with zero attached hydrogens (tertiary/aromatic N) is 2. The van der Waals surface area contributed by atoms with Gasteiger partial charge in [0.05, 0.1) is 10.8 Å². The Labute approximate surface area is 152 Å². The third-order valence-corrected chi connectivity index (χ3v) is 7.52. The minimum Gasteiger partial charge on any atom is -0.340 e. The molecule has 8 heteroatoms. The van der Waals surface area contributed by atoms with Gasteiger partial charge in [-0.25, -0.2) is 8.42 Å². The summed E-state index contributed by atoms with van der Waals surface area (Å²) in [5, 5.41) is 0. The van der Waals surface area contributed by atoms with Crippen LogP contribution in [-0.2, 0) is 14.8 Å². The zero-order chi connectivity index (χ0) is 17.7. The summed E-state index contributed by atoms with van der Waals surface area (Å²) >= 11 is 11.9. The van der Waals surface area contributed by atoms with Crippen LogP contribution in [0.4, 0.5) is 0 Å². The number of piperazine rings is 1. The molecule has 1 aliphatic heterocycles. The van der Waals surface area contributed by atoms with E-state index in [1.807, 2.05) is 19.9 Å². The highest BCUT2D eigenvalue weighted by Gasteiger charge is 2.57. The van der Waals surface area contributed by atoms with Crippen LogP contribution < -0.4 is 0 Å². The lowest BCUT2D eigenvalue weighted by molar-refractivity contribution is -0.133. The molecule has 3 rings (SSSR count). The van der Waals surface area contributed by atoms with Crippen LogP contribution in [0.5, 0.6) is 0 Å². The Kier molecular flexibility index (Phi) is 4.62. The van der Waals surface area contributed by atoms with Gasteiger partial charge in [0.25, 0.3) is 0 Å². The van der Waals surface area contributed by atoms with E-state index >= 15 is 0 Å². The van der Waals surface area contributed by atoms with Crippen molar-refractivity contribution in [1.29, 1.82) is 0 Å². The van der Waals surface area contributed by atoms with E-state index in [0.717, 1.165) is 11.1 Å². The highest BCUT2D eigenvalue weighted by molar-refractivity contribution is 7.89. The summed E-state index contributed by atoms with van der Waals surface area (Å²) in [5.74, 6) is -0.438. The third kappa shape index (κ3) is 3.29. The first-order valence-electron chi connectivity index (χ1n) is 7.87. The molecule has 1 atom stereocenters. The molecule has 2 fully saturated rings. The quantitative estimate of drug-likeness (QED) is 0.744. The van der Waals surface area contributed by atoms with Crippen LogP contribution in [0.25, 0.3) is 0 Å². The zero-order valence-corrected chi connectivity index (χ0v) is 16.0. The lowest BCUT2D eigenvalue weighted by atomic mass is 10.1. The van der Waals surface area contributed by atoms with E-state index in [0.29, 0.717) is 24.4 Å². The monoisotopic (exact) mass is 390 g/mol. The van der Waals surface area contributed by atoms with Crippen molar-refractivity contribution >= 4 is 39.1 Å². The van der Waals surface area contributed by atoms with Crippen molar-refractivity contribution < 1.29 is 13.2 Å². The third-order valence-electron chi connectivity index (χ3n) is 4.79. The maximum Gasteiger partial charge on any atom is 0.243 e. The molecule has 1 aliphatic carbocycles. The zero-order valence-electron chi connectivity index (χ0n) is 13.6. The van der Waals surface area contributed by atoms with Gasteiger partial charge in [0.15, 0.2) is 0 Å². The van der Waals surface area contributed by atoms with E-state index in [2.05, 4.69) is 0 Å².